The van der Waals surface area contributed by atoms with E-state index in [0.717, 1.165) is 44.9 Å². The number of hydrogen-bond acceptors (Lipinski definition) is 11. The van der Waals surface area contributed by atoms with E-state index in [9.17, 15) is 24.3 Å². The fourth-order valence-corrected chi connectivity index (χ4v) is 4.39. The topological polar surface area (TPSA) is 170 Å². The number of benzene rings is 1. The summed E-state index contributed by atoms with van der Waals surface area (Å²) >= 11 is 0. The summed E-state index contributed by atoms with van der Waals surface area (Å²) in [6, 6.07) is 2.79. The van der Waals surface area contributed by atoms with Crippen molar-refractivity contribution in [2.45, 2.75) is 110 Å². The third kappa shape index (κ3) is 12.7. The maximum absolute atomic E-state index is 12.5. The van der Waals surface area contributed by atoms with E-state index in [0.29, 0.717) is 5.56 Å². The van der Waals surface area contributed by atoms with Gasteiger partial charge < -0.3 is 39.3 Å². The van der Waals surface area contributed by atoms with Crippen molar-refractivity contribution in [2.24, 2.45) is 17.6 Å². The van der Waals surface area contributed by atoms with E-state index < -0.39 is 42.5 Å². The summed E-state index contributed by atoms with van der Waals surface area (Å²) in [5.41, 5.74) is 6.40. The van der Waals surface area contributed by atoms with Gasteiger partial charge in [0.2, 0.25) is 0 Å². The summed E-state index contributed by atoms with van der Waals surface area (Å²) in [6.07, 6.45) is 2.39. The van der Waals surface area contributed by atoms with E-state index in [4.69, 9.17) is 34.2 Å². The van der Waals surface area contributed by atoms with Crippen LogP contribution in [0.3, 0.4) is 0 Å². The predicted octanol–water partition coefficient (Wildman–Crippen LogP) is 6.57. The third-order valence-corrected chi connectivity index (χ3v) is 7.56. The zero-order valence-electron chi connectivity index (χ0n) is 25.9. The summed E-state index contributed by atoms with van der Waals surface area (Å²) in [5, 5.41) is 9.73. The number of rotatable bonds is 15. The average molecular weight is 610 g/mol. The molecule has 1 aliphatic carbocycles. The Balaban J connectivity index is 2.26. The minimum absolute atomic E-state index is 0.0162. The van der Waals surface area contributed by atoms with E-state index in [2.05, 4.69) is 0 Å². The largest absolute Gasteiger partial charge is 0.513 e. The Morgan fingerprint density at radius 3 is 1.95 bits per heavy atom. The monoisotopic (exact) mass is 609 g/mol. The Kier molecular flexibility index (Phi) is 15.1. The molecule has 1 aromatic rings. The molecule has 0 aromatic heterocycles. The molecule has 1 saturated carbocycles. The molecule has 0 bridgehead atoms. The molecule has 242 valence electrons. The molecule has 3 N–H and O–H groups in total. The van der Waals surface area contributed by atoms with Gasteiger partial charge in [0.15, 0.2) is 11.5 Å². The SMILES string of the molecule is CCC(C)COC(=O)Oc1ccc(C(CC(C)OC(=O)OC2CCCCC2)[C@H](N)C(=O)O)cc1OC(=O)OCC(C)CC. The van der Waals surface area contributed by atoms with Gasteiger partial charge in [0.25, 0.3) is 0 Å². The molecule has 0 heterocycles. The van der Waals surface area contributed by atoms with Crippen molar-refractivity contribution in [1.82, 2.24) is 0 Å². The Bertz CT molecular complexity index is 1060. The normalized spacial score (nSPS) is 17.0. The zero-order valence-corrected chi connectivity index (χ0v) is 25.9. The molecular formula is C31H47NO11. The second-order valence-corrected chi connectivity index (χ2v) is 11.3. The van der Waals surface area contributed by atoms with Crippen LogP contribution < -0.4 is 15.2 Å². The van der Waals surface area contributed by atoms with Gasteiger partial charge in [-0.05, 0) is 68.6 Å². The van der Waals surface area contributed by atoms with Gasteiger partial charge in [0.05, 0.1) is 13.2 Å². The Labute approximate surface area is 253 Å². The van der Waals surface area contributed by atoms with Crippen LogP contribution >= 0.6 is 0 Å². The average Bonchev–Trinajstić information content (AvgIpc) is 2.98. The van der Waals surface area contributed by atoms with Crippen LogP contribution in [-0.4, -0.2) is 61.0 Å². The first-order valence-electron chi connectivity index (χ1n) is 15.1. The molecule has 43 heavy (non-hydrogen) atoms. The zero-order chi connectivity index (χ0) is 31.9. The van der Waals surface area contributed by atoms with Crippen LogP contribution in [0.15, 0.2) is 18.2 Å². The lowest BCUT2D eigenvalue weighted by atomic mass is 9.87. The molecule has 5 atom stereocenters. The first-order valence-corrected chi connectivity index (χ1v) is 15.1. The molecule has 12 heteroatoms. The molecule has 2 rings (SSSR count). The molecule has 0 spiro atoms. The summed E-state index contributed by atoms with van der Waals surface area (Å²) < 4.78 is 31.9. The smallest absolute Gasteiger partial charge is 0.480 e. The number of hydrogen-bond donors (Lipinski definition) is 2. The van der Waals surface area contributed by atoms with Crippen molar-refractivity contribution < 1.29 is 52.7 Å². The van der Waals surface area contributed by atoms with Crippen molar-refractivity contribution in [3.63, 3.8) is 0 Å². The van der Waals surface area contributed by atoms with Gasteiger partial charge in [-0.3, -0.25) is 4.79 Å². The summed E-state index contributed by atoms with van der Waals surface area (Å²) in [5.74, 6) is -2.30. The highest BCUT2D eigenvalue weighted by Gasteiger charge is 2.31. The standard InChI is InChI=1S/C31H47NO11/c1-6-19(3)17-38-29(35)42-25-14-13-22(16-26(25)43-30(36)39-18-20(4)7-2)24(27(32)28(33)34)15-21(5)40-31(37)41-23-11-9-8-10-12-23/h13-14,16,19-21,23-24,27H,6-12,15,17-18,32H2,1-5H3,(H,33,34)/t19?,20?,21?,24?,27-/m0/s1. The molecule has 1 aliphatic rings. The summed E-state index contributed by atoms with van der Waals surface area (Å²) in [6.45, 7) is 9.58. The maximum atomic E-state index is 12.5. The number of nitrogens with two attached hydrogens (primary N) is 1. The van der Waals surface area contributed by atoms with Crippen LogP contribution in [-0.2, 0) is 23.7 Å². The van der Waals surface area contributed by atoms with Gasteiger partial charge >= 0.3 is 24.4 Å². The number of carboxylic acids is 1. The van der Waals surface area contributed by atoms with Crippen LogP contribution in [0.1, 0.15) is 97.5 Å². The highest BCUT2D eigenvalue weighted by atomic mass is 16.7. The number of ether oxygens (including phenoxy) is 6. The number of carbonyl (C=O) groups is 4. The van der Waals surface area contributed by atoms with Crippen LogP contribution in [0, 0.1) is 11.8 Å². The molecular weight excluding hydrogens is 562 g/mol. The molecule has 12 nitrogen and oxygen atoms in total. The van der Waals surface area contributed by atoms with Crippen molar-refractivity contribution >= 4 is 24.4 Å². The third-order valence-electron chi connectivity index (χ3n) is 7.56. The van der Waals surface area contributed by atoms with Crippen LogP contribution in [0.25, 0.3) is 0 Å². The second kappa shape index (κ2) is 18.2. The lowest BCUT2D eigenvalue weighted by Crippen LogP contribution is -2.38. The molecule has 4 unspecified atom stereocenters. The van der Waals surface area contributed by atoms with Crippen LogP contribution in [0.5, 0.6) is 11.5 Å². The Hall–Kier alpha value is -3.54. The van der Waals surface area contributed by atoms with Crippen LogP contribution in [0.4, 0.5) is 14.4 Å². The van der Waals surface area contributed by atoms with Gasteiger partial charge in [0.1, 0.15) is 18.2 Å². The van der Waals surface area contributed by atoms with Crippen LogP contribution in [0.2, 0.25) is 0 Å². The van der Waals surface area contributed by atoms with Gasteiger partial charge in [-0.15, -0.1) is 0 Å². The van der Waals surface area contributed by atoms with E-state index in [1.54, 1.807) is 6.92 Å². The van der Waals surface area contributed by atoms with E-state index in [-0.39, 0.29) is 49.1 Å². The first kappa shape index (κ1) is 35.7. The van der Waals surface area contributed by atoms with E-state index >= 15 is 0 Å². The number of carboxylic acid groups (broad SMARTS) is 1. The van der Waals surface area contributed by atoms with Gasteiger partial charge in [-0.1, -0.05) is 53.0 Å². The van der Waals surface area contributed by atoms with Crippen molar-refractivity contribution in [3.8, 4) is 11.5 Å². The molecule has 0 aliphatic heterocycles. The molecule has 0 amide bonds. The lowest BCUT2D eigenvalue weighted by Gasteiger charge is -2.26. The number of aliphatic carboxylic acids is 1. The fourth-order valence-electron chi connectivity index (χ4n) is 4.39. The van der Waals surface area contributed by atoms with Gasteiger partial charge in [-0.25, -0.2) is 14.4 Å². The number of carbonyl (C=O) groups excluding carboxylic acids is 3. The van der Waals surface area contributed by atoms with Crippen molar-refractivity contribution in [3.05, 3.63) is 23.8 Å². The Morgan fingerprint density at radius 2 is 1.42 bits per heavy atom. The lowest BCUT2D eigenvalue weighted by molar-refractivity contribution is -0.139. The Morgan fingerprint density at radius 1 is 0.860 bits per heavy atom. The maximum Gasteiger partial charge on any atom is 0.513 e. The molecule has 0 radical (unpaired) electrons. The quantitative estimate of drug-likeness (QED) is 0.125. The minimum Gasteiger partial charge on any atom is -0.480 e. The minimum atomic E-state index is -1.40. The molecule has 1 aromatic carbocycles. The predicted molar refractivity (Wildman–Crippen MR) is 156 cm³/mol. The van der Waals surface area contributed by atoms with Gasteiger partial charge in [0, 0.05) is 5.92 Å². The van der Waals surface area contributed by atoms with Crippen molar-refractivity contribution in [2.75, 3.05) is 13.2 Å². The fraction of sp³-hybridized carbons (Fsp3) is 0.677. The molecule has 1 fully saturated rings. The van der Waals surface area contributed by atoms with E-state index in [1.165, 1.54) is 18.2 Å². The highest BCUT2D eigenvalue weighted by Crippen LogP contribution is 2.35. The summed E-state index contributed by atoms with van der Waals surface area (Å²) in [7, 11) is 0. The van der Waals surface area contributed by atoms with Gasteiger partial charge in [-0.2, -0.15) is 0 Å². The highest BCUT2D eigenvalue weighted by molar-refractivity contribution is 5.75. The van der Waals surface area contributed by atoms with Crippen molar-refractivity contribution in [1.29, 1.82) is 0 Å². The summed E-state index contributed by atoms with van der Waals surface area (Å²) in [4.78, 5) is 49.2. The van der Waals surface area contributed by atoms with E-state index in [1.807, 2.05) is 27.7 Å². The second-order valence-electron chi connectivity index (χ2n) is 11.3. The first-order chi connectivity index (χ1) is 20.4. The molecule has 0 saturated heterocycles.